The van der Waals surface area contributed by atoms with Crippen molar-refractivity contribution in [3.05, 3.63) is 64.6 Å². The maximum absolute atomic E-state index is 13.1. The first kappa shape index (κ1) is 19.1. The van der Waals surface area contributed by atoms with Crippen LogP contribution in [0.5, 0.6) is 5.75 Å². The lowest BCUT2D eigenvalue weighted by Gasteiger charge is -2.17. The first-order chi connectivity index (χ1) is 13.0. The average molecular weight is 399 g/mol. The summed E-state index contributed by atoms with van der Waals surface area (Å²) in [6, 6.07) is 14.2. The van der Waals surface area contributed by atoms with Crippen molar-refractivity contribution in [2.45, 2.75) is 6.92 Å². The van der Waals surface area contributed by atoms with E-state index in [1.165, 1.54) is 23.8 Å². The number of anilines is 1. The monoisotopic (exact) mass is 399 g/mol. The molecule has 1 amide bonds. The van der Waals surface area contributed by atoms with Crippen molar-refractivity contribution in [2.24, 2.45) is 0 Å². The number of hydrogen-bond acceptors (Lipinski definition) is 6. The SMILES string of the molecule is COC(=O)c1ccccc1N1C(=O)/C(=C(\C)c2ccc(OC)cc2)SC1=S. The molecule has 1 heterocycles. The van der Waals surface area contributed by atoms with Crippen LogP contribution in [0.3, 0.4) is 0 Å². The van der Waals surface area contributed by atoms with E-state index >= 15 is 0 Å². The molecule has 27 heavy (non-hydrogen) atoms. The fourth-order valence-corrected chi connectivity index (χ4v) is 4.06. The summed E-state index contributed by atoms with van der Waals surface area (Å²) < 4.78 is 10.4. The zero-order valence-electron chi connectivity index (χ0n) is 15.0. The molecule has 138 valence electrons. The van der Waals surface area contributed by atoms with Gasteiger partial charge in [-0.15, -0.1) is 0 Å². The third kappa shape index (κ3) is 3.61. The lowest BCUT2D eigenvalue weighted by atomic mass is 10.1. The van der Waals surface area contributed by atoms with Crippen LogP contribution >= 0.6 is 24.0 Å². The number of benzene rings is 2. The highest BCUT2D eigenvalue weighted by Gasteiger charge is 2.36. The third-order valence-electron chi connectivity index (χ3n) is 4.18. The zero-order chi connectivity index (χ0) is 19.6. The van der Waals surface area contributed by atoms with Crippen LogP contribution in [0.1, 0.15) is 22.8 Å². The minimum atomic E-state index is -0.518. The molecule has 0 aliphatic carbocycles. The second-order valence-electron chi connectivity index (χ2n) is 5.70. The number of hydrogen-bond donors (Lipinski definition) is 0. The topological polar surface area (TPSA) is 55.8 Å². The number of allylic oxidation sites excluding steroid dienone is 1. The van der Waals surface area contributed by atoms with E-state index in [0.717, 1.165) is 16.9 Å². The Balaban J connectivity index is 2.02. The molecule has 5 nitrogen and oxygen atoms in total. The smallest absolute Gasteiger partial charge is 0.339 e. The molecule has 0 spiro atoms. The van der Waals surface area contributed by atoms with Crippen LogP contribution in [0, 0.1) is 0 Å². The quantitative estimate of drug-likeness (QED) is 0.435. The molecule has 2 aromatic carbocycles. The summed E-state index contributed by atoms with van der Waals surface area (Å²) in [7, 11) is 2.91. The molecular formula is C20H17NO4S2. The fourth-order valence-electron chi connectivity index (χ4n) is 2.73. The highest BCUT2D eigenvalue weighted by Crippen LogP contribution is 2.40. The van der Waals surface area contributed by atoms with Crippen molar-refractivity contribution >= 4 is 51.4 Å². The fraction of sp³-hybridized carbons (Fsp3) is 0.150. The summed E-state index contributed by atoms with van der Waals surface area (Å²) in [5.74, 6) is -0.0312. The van der Waals surface area contributed by atoms with Gasteiger partial charge in [-0.2, -0.15) is 0 Å². The van der Waals surface area contributed by atoms with Gasteiger partial charge in [-0.25, -0.2) is 4.79 Å². The van der Waals surface area contributed by atoms with E-state index in [9.17, 15) is 9.59 Å². The van der Waals surface area contributed by atoms with Gasteiger partial charge in [0.05, 0.1) is 30.4 Å². The van der Waals surface area contributed by atoms with Gasteiger partial charge in [0.1, 0.15) is 5.75 Å². The van der Waals surface area contributed by atoms with Crippen LogP contribution in [0.25, 0.3) is 5.57 Å². The van der Waals surface area contributed by atoms with Gasteiger partial charge in [0.25, 0.3) is 5.91 Å². The van der Waals surface area contributed by atoms with Gasteiger partial charge in [0, 0.05) is 0 Å². The molecule has 3 rings (SSSR count). The zero-order valence-corrected chi connectivity index (χ0v) is 16.6. The average Bonchev–Trinajstić information content (AvgIpc) is 3.00. The van der Waals surface area contributed by atoms with E-state index in [4.69, 9.17) is 21.7 Å². The highest BCUT2D eigenvalue weighted by molar-refractivity contribution is 8.27. The molecule has 1 fully saturated rings. The molecule has 0 unspecified atom stereocenters. The predicted octanol–water partition coefficient (Wildman–Crippen LogP) is 4.28. The van der Waals surface area contributed by atoms with Gasteiger partial charge in [-0.1, -0.05) is 48.2 Å². The van der Waals surface area contributed by atoms with E-state index in [1.807, 2.05) is 31.2 Å². The van der Waals surface area contributed by atoms with E-state index in [0.29, 0.717) is 20.5 Å². The lowest BCUT2D eigenvalue weighted by Crippen LogP contribution is -2.29. The molecule has 1 saturated heterocycles. The van der Waals surface area contributed by atoms with E-state index < -0.39 is 5.97 Å². The largest absolute Gasteiger partial charge is 0.497 e. The Morgan fingerprint density at radius 1 is 1.07 bits per heavy atom. The number of para-hydroxylation sites is 1. The van der Waals surface area contributed by atoms with E-state index in [2.05, 4.69) is 0 Å². The van der Waals surface area contributed by atoms with Crippen LogP contribution in [0.2, 0.25) is 0 Å². The molecule has 1 aliphatic heterocycles. The van der Waals surface area contributed by atoms with Crippen molar-refractivity contribution in [2.75, 3.05) is 19.1 Å². The molecule has 0 atom stereocenters. The van der Waals surface area contributed by atoms with Crippen LogP contribution in [-0.4, -0.2) is 30.4 Å². The summed E-state index contributed by atoms with van der Waals surface area (Å²) in [4.78, 5) is 27.1. The van der Waals surface area contributed by atoms with Crippen molar-refractivity contribution < 1.29 is 19.1 Å². The molecule has 0 radical (unpaired) electrons. The lowest BCUT2D eigenvalue weighted by molar-refractivity contribution is -0.113. The van der Waals surface area contributed by atoms with Crippen molar-refractivity contribution in [3.63, 3.8) is 0 Å². The molecule has 0 aromatic heterocycles. The summed E-state index contributed by atoms with van der Waals surface area (Å²) in [6.45, 7) is 1.88. The Morgan fingerprint density at radius 2 is 1.74 bits per heavy atom. The summed E-state index contributed by atoms with van der Waals surface area (Å²) >= 11 is 6.65. The molecule has 2 aromatic rings. The van der Waals surface area contributed by atoms with Gasteiger partial charge in [0.15, 0.2) is 4.32 Å². The number of esters is 1. The molecule has 0 bridgehead atoms. The summed E-state index contributed by atoms with van der Waals surface area (Å²) in [6.07, 6.45) is 0. The number of methoxy groups -OCH3 is 2. The van der Waals surface area contributed by atoms with Crippen LogP contribution in [0.4, 0.5) is 5.69 Å². The van der Waals surface area contributed by atoms with Crippen LogP contribution < -0.4 is 9.64 Å². The van der Waals surface area contributed by atoms with Gasteiger partial charge in [0.2, 0.25) is 0 Å². The Hall–Kier alpha value is -2.64. The van der Waals surface area contributed by atoms with Crippen LogP contribution in [0.15, 0.2) is 53.4 Å². The van der Waals surface area contributed by atoms with Crippen molar-refractivity contribution in [1.29, 1.82) is 0 Å². The molecule has 1 aliphatic rings. The summed E-state index contributed by atoms with van der Waals surface area (Å²) in [5.41, 5.74) is 2.43. The number of nitrogens with zero attached hydrogens (tertiary/aromatic N) is 1. The first-order valence-corrected chi connectivity index (χ1v) is 9.29. The Bertz CT molecular complexity index is 951. The first-order valence-electron chi connectivity index (χ1n) is 8.06. The number of thiocarbonyl (C=S) groups is 1. The molecule has 0 N–H and O–H groups in total. The Morgan fingerprint density at radius 3 is 2.37 bits per heavy atom. The second-order valence-corrected chi connectivity index (χ2v) is 7.34. The van der Waals surface area contributed by atoms with Crippen molar-refractivity contribution in [1.82, 2.24) is 0 Å². The minimum absolute atomic E-state index is 0.255. The number of rotatable bonds is 4. The number of amides is 1. The standard InChI is InChI=1S/C20H17NO4S2/c1-12(13-8-10-14(24-2)11-9-13)17-18(22)21(20(26)27-17)16-7-5-4-6-15(16)19(23)25-3/h4-11H,1-3H3/b17-12-. The molecular weight excluding hydrogens is 382 g/mol. The molecule has 0 saturated carbocycles. The maximum Gasteiger partial charge on any atom is 0.339 e. The van der Waals surface area contributed by atoms with Gasteiger partial charge in [-0.3, -0.25) is 9.69 Å². The minimum Gasteiger partial charge on any atom is -0.497 e. The Labute approximate surface area is 167 Å². The van der Waals surface area contributed by atoms with Crippen molar-refractivity contribution in [3.8, 4) is 5.75 Å². The van der Waals surface area contributed by atoms with E-state index in [1.54, 1.807) is 31.4 Å². The normalized spacial score (nSPS) is 15.7. The van der Waals surface area contributed by atoms with Crippen LogP contribution in [-0.2, 0) is 9.53 Å². The third-order valence-corrected chi connectivity index (χ3v) is 5.66. The Kier molecular flexibility index (Phi) is 5.62. The maximum atomic E-state index is 13.1. The number of carbonyl (C=O) groups excluding carboxylic acids is 2. The van der Waals surface area contributed by atoms with Gasteiger partial charge >= 0.3 is 5.97 Å². The number of thioether (sulfide) groups is 1. The molecule has 7 heteroatoms. The van der Waals surface area contributed by atoms with Gasteiger partial charge < -0.3 is 9.47 Å². The number of carbonyl (C=O) groups is 2. The highest BCUT2D eigenvalue weighted by atomic mass is 32.2. The predicted molar refractivity (Wildman–Crippen MR) is 111 cm³/mol. The number of ether oxygens (including phenoxy) is 2. The van der Waals surface area contributed by atoms with E-state index in [-0.39, 0.29) is 5.91 Å². The second kappa shape index (κ2) is 7.94. The van der Waals surface area contributed by atoms with Gasteiger partial charge in [-0.05, 0) is 42.3 Å². The summed E-state index contributed by atoms with van der Waals surface area (Å²) in [5, 5.41) is 0.